The molecular weight excluding hydrogens is 208 g/mol. The molecule has 0 fully saturated rings. The molecule has 4 heteroatoms. The van der Waals surface area contributed by atoms with Gasteiger partial charge in [-0.05, 0) is 17.7 Å². The summed E-state index contributed by atoms with van der Waals surface area (Å²) >= 11 is 0. The molecule has 0 aliphatic carbocycles. The van der Waals surface area contributed by atoms with Crippen LogP contribution in [0.1, 0.15) is 5.56 Å². The molecule has 0 bridgehead atoms. The average Bonchev–Trinajstić information content (AvgIpc) is 2.67. The van der Waals surface area contributed by atoms with E-state index < -0.39 is 0 Å². The molecule has 3 rings (SSSR count). The maximum absolute atomic E-state index is 11.1. The molecule has 0 saturated carbocycles. The van der Waals surface area contributed by atoms with Gasteiger partial charge < -0.3 is 14.3 Å². The highest BCUT2D eigenvalue weighted by Crippen LogP contribution is 2.32. The van der Waals surface area contributed by atoms with Crippen LogP contribution in [0.4, 0.5) is 0 Å². The molecule has 1 aromatic heterocycles. The molecule has 0 amide bonds. The summed E-state index contributed by atoms with van der Waals surface area (Å²) in [6, 6.07) is 6.77. The maximum atomic E-state index is 11.1. The van der Waals surface area contributed by atoms with Gasteiger partial charge in [0.15, 0.2) is 0 Å². The van der Waals surface area contributed by atoms with Crippen molar-refractivity contribution in [1.29, 1.82) is 0 Å². The minimum absolute atomic E-state index is 0.00499. The first-order valence-electron chi connectivity index (χ1n) is 5.10. The van der Waals surface area contributed by atoms with Crippen LogP contribution in [0.3, 0.4) is 0 Å². The van der Waals surface area contributed by atoms with Gasteiger partial charge in [0.2, 0.25) is 0 Å². The van der Waals surface area contributed by atoms with Crippen molar-refractivity contribution in [2.45, 2.75) is 12.5 Å². The molecule has 1 N–H and O–H groups in total. The van der Waals surface area contributed by atoms with Crippen molar-refractivity contribution in [1.82, 2.24) is 0 Å². The van der Waals surface area contributed by atoms with Crippen molar-refractivity contribution in [3.05, 3.63) is 40.2 Å². The van der Waals surface area contributed by atoms with Crippen LogP contribution in [0.5, 0.6) is 5.75 Å². The molecule has 4 nitrogen and oxygen atoms in total. The fraction of sp³-hybridized carbons (Fsp3) is 0.250. The summed E-state index contributed by atoms with van der Waals surface area (Å²) in [5, 5.41) is 9.90. The van der Waals surface area contributed by atoms with E-state index in [4.69, 9.17) is 14.3 Å². The first-order chi connectivity index (χ1) is 7.76. The van der Waals surface area contributed by atoms with Crippen molar-refractivity contribution in [2.75, 3.05) is 6.61 Å². The predicted molar refractivity (Wildman–Crippen MR) is 57.7 cm³/mol. The van der Waals surface area contributed by atoms with Crippen molar-refractivity contribution >= 4 is 11.0 Å². The second-order valence-electron chi connectivity index (χ2n) is 3.88. The van der Waals surface area contributed by atoms with E-state index in [0.29, 0.717) is 17.8 Å². The minimum Gasteiger partial charge on any atom is -0.487 e. The van der Waals surface area contributed by atoms with Crippen LogP contribution in [0.2, 0.25) is 0 Å². The van der Waals surface area contributed by atoms with Gasteiger partial charge in [-0.3, -0.25) is 0 Å². The Morgan fingerprint density at radius 2 is 2.25 bits per heavy atom. The van der Waals surface area contributed by atoms with Crippen LogP contribution in [0, 0.1) is 0 Å². The quantitative estimate of drug-likeness (QED) is 0.728. The Kier molecular flexibility index (Phi) is 1.97. The lowest BCUT2D eigenvalue weighted by Gasteiger charge is -2.05. The van der Waals surface area contributed by atoms with Crippen molar-refractivity contribution < 1.29 is 14.3 Å². The van der Waals surface area contributed by atoms with Gasteiger partial charge in [0, 0.05) is 23.9 Å². The summed E-state index contributed by atoms with van der Waals surface area (Å²) in [5.41, 5.74) is 1.19. The lowest BCUT2D eigenvalue weighted by molar-refractivity contribution is 0.134. The smallest absolute Gasteiger partial charge is 0.336 e. The van der Waals surface area contributed by atoms with E-state index in [2.05, 4.69) is 0 Å². The van der Waals surface area contributed by atoms with Gasteiger partial charge >= 0.3 is 5.63 Å². The topological polar surface area (TPSA) is 59.7 Å². The number of hydrogen-bond donors (Lipinski definition) is 1. The van der Waals surface area contributed by atoms with Crippen LogP contribution in [0.25, 0.3) is 11.0 Å². The monoisotopic (exact) mass is 218 g/mol. The summed E-state index contributed by atoms with van der Waals surface area (Å²) in [7, 11) is 0. The minimum atomic E-state index is -0.371. The number of hydrogen-bond acceptors (Lipinski definition) is 4. The van der Waals surface area contributed by atoms with Crippen molar-refractivity contribution in [2.24, 2.45) is 0 Å². The molecule has 2 aromatic rings. The Morgan fingerprint density at radius 3 is 3.06 bits per heavy atom. The van der Waals surface area contributed by atoms with Crippen LogP contribution < -0.4 is 10.4 Å². The van der Waals surface area contributed by atoms with Gasteiger partial charge in [-0.15, -0.1) is 0 Å². The number of benzene rings is 1. The Morgan fingerprint density at radius 1 is 1.38 bits per heavy atom. The Hall–Kier alpha value is -1.81. The number of aliphatic hydroxyl groups excluding tert-OH is 1. The van der Waals surface area contributed by atoms with E-state index in [9.17, 15) is 4.79 Å². The van der Waals surface area contributed by atoms with Gasteiger partial charge in [-0.1, -0.05) is 0 Å². The third-order valence-corrected chi connectivity index (χ3v) is 2.75. The van der Waals surface area contributed by atoms with E-state index in [1.54, 1.807) is 12.1 Å². The summed E-state index contributed by atoms with van der Waals surface area (Å²) < 4.78 is 10.5. The SMILES string of the molecule is O=c1ccc2cc3c(cc2o1)O[C@H](CO)C3. The number of fused-ring (bicyclic) bond motifs is 2. The van der Waals surface area contributed by atoms with Crippen molar-refractivity contribution in [3.63, 3.8) is 0 Å². The van der Waals surface area contributed by atoms with E-state index in [1.165, 1.54) is 6.07 Å². The highest BCUT2D eigenvalue weighted by molar-refractivity contribution is 5.79. The standard InChI is InChI=1S/C12H10O4/c13-6-9-4-8-3-7-1-2-12(14)16-10(7)5-11(8)15-9/h1-3,5,9,13H,4,6H2/t9-/m0/s1. The maximum Gasteiger partial charge on any atom is 0.336 e. The van der Waals surface area contributed by atoms with Gasteiger partial charge in [-0.2, -0.15) is 0 Å². The molecule has 1 aromatic carbocycles. The van der Waals surface area contributed by atoms with E-state index in [0.717, 1.165) is 10.9 Å². The molecule has 2 heterocycles. The average molecular weight is 218 g/mol. The van der Waals surface area contributed by atoms with Gasteiger partial charge in [-0.25, -0.2) is 4.79 Å². The van der Waals surface area contributed by atoms with Crippen LogP contribution in [-0.2, 0) is 6.42 Å². The molecule has 1 aliphatic heterocycles. The summed E-state index contributed by atoms with van der Waals surface area (Å²) in [5.74, 6) is 0.695. The predicted octanol–water partition coefficient (Wildman–Crippen LogP) is 1.09. The molecule has 1 aliphatic rings. The van der Waals surface area contributed by atoms with Gasteiger partial charge in [0.1, 0.15) is 17.4 Å². The summed E-state index contributed by atoms with van der Waals surface area (Å²) in [6.45, 7) is -0.00499. The number of rotatable bonds is 1. The molecule has 1 atom stereocenters. The molecule has 0 saturated heterocycles. The normalized spacial score (nSPS) is 18.4. The molecule has 16 heavy (non-hydrogen) atoms. The summed E-state index contributed by atoms with van der Waals surface area (Å²) in [4.78, 5) is 11.1. The molecule has 82 valence electrons. The Balaban J connectivity index is 2.18. The lowest BCUT2D eigenvalue weighted by atomic mass is 10.1. The highest BCUT2D eigenvalue weighted by atomic mass is 16.5. The molecular formula is C12H10O4. The third kappa shape index (κ3) is 1.39. The zero-order valence-corrected chi connectivity index (χ0v) is 8.47. The summed E-state index contributed by atoms with van der Waals surface area (Å²) in [6.07, 6.45) is 0.513. The molecule has 0 radical (unpaired) electrons. The zero-order chi connectivity index (χ0) is 11.1. The second kappa shape index (κ2) is 3.35. The molecule has 0 unspecified atom stereocenters. The van der Waals surface area contributed by atoms with E-state index in [-0.39, 0.29) is 18.3 Å². The third-order valence-electron chi connectivity index (χ3n) is 2.75. The number of aliphatic hydroxyl groups is 1. The van der Waals surface area contributed by atoms with Gasteiger partial charge in [0.25, 0.3) is 0 Å². The fourth-order valence-electron chi connectivity index (χ4n) is 1.98. The first kappa shape index (κ1) is 9.42. The van der Waals surface area contributed by atoms with Gasteiger partial charge in [0.05, 0.1) is 6.61 Å². The van der Waals surface area contributed by atoms with Crippen molar-refractivity contribution in [3.8, 4) is 5.75 Å². The second-order valence-corrected chi connectivity index (χ2v) is 3.88. The lowest BCUT2D eigenvalue weighted by Crippen LogP contribution is -2.17. The van der Waals surface area contributed by atoms with Crippen LogP contribution in [-0.4, -0.2) is 17.8 Å². The largest absolute Gasteiger partial charge is 0.487 e. The molecule has 0 spiro atoms. The fourth-order valence-corrected chi connectivity index (χ4v) is 1.98. The van der Waals surface area contributed by atoms with Crippen LogP contribution >= 0.6 is 0 Å². The Bertz CT molecular complexity index is 599. The number of ether oxygens (including phenoxy) is 1. The van der Waals surface area contributed by atoms with Crippen LogP contribution in [0.15, 0.2) is 33.5 Å². The zero-order valence-electron chi connectivity index (χ0n) is 8.47. The van der Waals surface area contributed by atoms with E-state index >= 15 is 0 Å². The van der Waals surface area contributed by atoms with E-state index in [1.807, 2.05) is 6.07 Å². The Labute approximate surface area is 91.1 Å². The first-order valence-corrected chi connectivity index (χ1v) is 5.10. The highest BCUT2D eigenvalue weighted by Gasteiger charge is 2.22.